The molecule has 1 aromatic heterocycles. The number of nitrogens with zero attached hydrogens (tertiary/aromatic N) is 2. The van der Waals surface area contributed by atoms with Crippen LogP contribution in [0, 0.1) is 0 Å². The third-order valence-corrected chi connectivity index (χ3v) is 5.47. The molecule has 0 saturated heterocycles. The van der Waals surface area contributed by atoms with Crippen molar-refractivity contribution in [3.63, 3.8) is 0 Å². The molecule has 0 radical (unpaired) electrons. The SMILES string of the molecule is CCN(CC)c1ccc2cc(C3=Nc4cccc5cccc(c45)N3)c(=O)oc2c1. The number of rotatable bonds is 4. The number of amidine groups is 1. The van der Waals surface area contributed by atoms with Gasteiger partial charge in [-0.2, -0.15) is 0 Å². The average Bonchev–Trinajstić information content (AvgIpc) is 2.74. The van der Waals surface area contributed by atoms with Gasteiger partial charge in [0.2, 0.25) is 0 Å². The zero-order valence-electron chi connectivity index (χ0n) is 16.4. The summed E-state index contributed by atoms with van der Waals surface area (Å²) in [6.07, 6.45) is 0. The summed E-state index contributed by atoms with van der Waals surface area (Å²) in [4.78, 5) is 19.7. The molecule has 0 amide bonds. The minimum Gasteiger partial charge on any atom is -0.422 e. The van der Waals surface area contributed by atoms with Crippen LogP contribution in [0.2, 0.25) is 0 Å². The van der Waals surface area contributed by atoms with Gasteiger partial charge >= 0.3 is 5.63 Å². The van der Waals surface area contributed by atoms with Crippen LogP contribution < -0.4 is 15.8 Å². The predicted molar refractivity (Wildman–Crippen MR) is 120 cm³/mol. The molecule has 1 aliphatic heterocycles. The van der Waals surface area contributed by atoms with Gasteiger partial charge in [-0.3, -0.25) is 0 Å². The van der Waals surface area contributed by atoms with Gasteiger partial charge in [-0.15, -0.1) is 0 Å². The maximum Gasteiger partial charge on any atom is 0.347 e. The second kappa shape index (κ2) is 6.78. The summed E-state index contributed by atoms with van der Waals surface area (Å²) in [5, 5.41) is 6.36. The molecule has 0 saturated carbocycles. The Hall–Kier alpha value is -3.60. The molecule has 5 rings (SSSR count). The van der Waals surface area contributed by atoms with E-state index in [9.17, 15) is 4.79 Å². The first-order valence-electron chi connectivity index (χ1n) is 9.88. The van der Waals surface area contributed by atoms with E-state index in [0.717, 1.165) is 46.3 Å². The molecule has 1 N–H and O–H groups in total. The highest BCUT2D eigenvalue weighted by Gasteiger charge is 2.19. The number of hydrogen-bond acceptors (Lipinski definition) is 5. The Kier molecular flexibility index (Phi) is 4.09. The van der Waals surface area contributed by atoms with E-state index in [1.807, 2.05) is 42.5 Å². The topological polar surface area (TPSA) is 57.8 Å². The lowest BCUT2D eigenvalue weighted by Gasteiger charge is -2.21. The van der Waals surface area contributed by atoms with Crippen molar-refractivity contribution < 1.29 is 4.42 Å². The van der Waals surface area contributed by atoms with Gasteiger partial charge in [0.05, 0.1) is 5.69 Å². The van der Waals surface area contributed by atoms with E-state index in [-0.39, 0.29) is 0 Å². The van der Waals surface area contributed by atoms with Crippen molar-refractivity contribution in [3.05, 3.63) is 76.6 Å². The fourth-order valence-corrected chi connectivity index (χ4v) is 3.97. The van der Waals surface area contributed by atoms with Crippen molar-refractivity contribution in [2.24, 2.45) is 4.99 Å². The summed E-state index contributed by atoms with van der Waals surface area (Å²) in [7, 11) is 0. The Labute approximate surface area is 168 Å². The van der Waals surface area contributed by atoms with Gasteiger partial charge in [0.25, 0.3) is 0 Å². The van der Waals surface area contributed by atoms with Crippen LogP contribution in [0.25, 0.3) is 21.7 Å². The highest BCUT2D eigenvalue weighted by molar-refractivity contribution is 6.19. The number of anilines is 2. The number of hydrogen-bond donors (Lipinski definition) is 1. The van der Waals surface area contributed by atoms with Crippen molar-refractivity contribution in [2.75, 3.05) is 23.3 Å². The minimum absolute atomic E-state index is 0.396. The summed E-state index contributed by atoms with van der Waals surface area (Å²) in [5.41, 5.74) is 3.46. The van der Waals surface area contributed by atoms with Crippen molar-refractivity contribution in [1.82, 2.24) is 0 Å². The molecular weight excluding hydrogens is 362 g/mol. The van der Waals surface area contributed by atoms with Crippen molar-refractivity contribution in [1.29, 1.82) is 0 Å². The highest BCUT2D eigenvalue weighted by Crippen LogP contribution is 2.36. The fourth-order valence-electron chi connectivity index (χ4n) is 3.97. The molecule has 1 aliphatic rings. The molecular formula is C24H21N3O2. The normalized spacial score (nSPS) is 12.7. The Morgan fingerprint density at radius 1 is 0.966 bits per heavy atom. The first-order chi connectivity index (χ1) is 14.2. The summed E-state index contributed by atoms with van der Waals surface area (Å²) in [6, 6.07) is 19.9. The number of nitrogens with one attached hydrogen (secondary N) is 1. The van der Waals surface area contributed by atoms with E-state index < -0.39 is 5.63 Å². The number of aliphatic imine (C=N–C) groups is 1. The van der Waals surface area contributed by atoms with E-state index >= 15 is 0 Å². The van der Waals surface area contributed by atoms with Crippen molar-refractivity contribution in [3.8, 4) is 0 Å². The molecule has 0 atom stereocenters. The second-order valence-corrected chi connectivity index (χ2v) is 7.11. The standard InChI is InChI=1S/C24H21N3O2/c1-3-27(4-2)17-12-11-16-13-18(24(28)29-21(16)14-17)23-25-19-9-5-7-15-8-6-10-20(26-23)22(15)19/h5-14H,3-4H2,1-2H3,(H,25,26). The molecule has 5 heteroatoms. The zero-order valence-corrected chi connectivity index (χ0v) is 16.4. The molecule has 0 bridgehead atoms. The highest BCUT2D eigenvalue weighted by atomic mass is 16.4. The van der Waals surface area contributed by atoms with Crippen LogP contribution in [0.4, 0.5) is 17.1 Å². The Morgan fingerprint density at radius 2 is 1.76 bits per heavy atom. The fraction of sp³-hybridized carbons (Fsp3) is 0.167. The second-order valence-electron chi connectivity index (χ2n) is 7.11. The van der Waals surface area contributed by atoms with E-state index in [1.54, 1.807) is 0 Å². The monoisotopic (exact) mass is 383 g/mol. The van der Waals surface area contributed by atoms with Crippen LogP contribution in [0.3, 0.4) is 0 Å². The molecule has 2 heterocycles. The lowest BCUT2D eigenvalue weighted by atomic mass is 10.0. The molecule has 4 aromatic rings. The molecule has 144 valence electrons. The lowest BCUT2D eigenvalue weighted by molar-refractivity contribution is 0.559. The van der Waals surface area contributed by atoms with E-state index in [1.165, 1.54) is 0 Å². The molecule has 0 fully saturated rings. The van der Waals surface area contributed by atoms with E-state index in [0.29, 0.717) is 17.0 Å². The number of benzene rings is 3. The third-order valence-electron chi connectivity index (χ3n) is 5.47. The van der Waals surface area contributed by atoms with Gasteiger partial charge in [0.15, 0.2) is 0 Å². The van der Waals surface area contributed by atoms with Crippen LogP contribution in [0.15, 0.2) is 74.9 Å². The summed E-state index contributed by atoms with van der Waals surface area (Å²) >= 11 is 0. The summed E-state index contributed by atoms with van der Waals surface area (Å²) < 4.78 is 5.68. The molecule has 0 aliphatic carbocycles. The Balaban J connectivity index is 1.63. The smallest absolute Gasteiger partial charge is 0.347 e. The summed E-state index contributed by atoms with van der Waals surface area (Å²) in [6.45, 7) is 6.02. The quantitative estimate of drug-likeness (QED) is 0.486. The lowest BCUT2D eigenvalue weighted by Crippen LogP contribution is -2.23. The molecule has 3 aromatic carbocycles. The van der Waals surface area contributed by atoms with Gasteiger partial charge < -0.3 is 14.6 Å². The van der Waals surface area contributed by atoms with Gasteiger partial charge in [0, 0.05) is 41.3 Å². The van der Waals surface area contributed by atoms with Crippen LogP contribution in [0.1, 0.15) is 19.4 Å². The Morgan fingerprint density at radius 3 is 2.55 bits per heavy atom. The van der Waals surface area contributed by atoms with Crippen LogP contribution >= 0.6 is 0 Å². The molecule has 5 nitrogen and oxygen atoms in total. The number of fused-ring (bicyclic) bond motifs is 1. The maximum atomic E-state index is 12.8. The van der Waals surface area contributed by atoms with Crippen molar-refractivity contribution in [2.45, 2.75) is 13.8 Å². The Bertz CT molecular complexity index is 1330. The van der Waals surface area contributed by atoms with Gasteiger partial charge in [0.1, 0.15) is 17.0 Å². The van der Waals surface area contributed by atoms with Crippen molar-refractivity contribution >= 4 is 44.6 Å². The van der Waals surface area contributed by atoms with E-state index in [2.05, 4.69) is 42.3 Å². The van der Waals surface area contributed by atoms with Gasteiger partial charge in [-0.1, -0.05) is 24.3 Å². The molecule has 0 spiro atoms. The average molecular weight is 383 g/mol. The van der Waals surface area contributed by atoms with Crippen LogP contribution in [-0.2, 0) is 0 Å². The van der Waals surface area contributed by atoms with Crippen LogP contribution in [0.5, 0.6) is 0 Å². The zero-order chi connectivity index (χ0) is 20.0. The minimum atomic E-state index is -0.396. The third kappa shape index (κ3) is 2.86. The van der Waals surface area contributed by atoms with Gasteiger partial charge in [-0.25, -0.2) is 9.79 Å². The first-order valence-corrected chi connectivity index (χ1v) is 9.88. The molecule has 0 unspecified atom stereocenters. The summed E-state index contributed by atoms with van der Waals surface area (Å²) in [5.74, 6) is 0.514. The van der Waals surface area contributed by atoms with Gasteiger partial charge in [-0.05, 0) is 49.6 Å². The van der Waals surface area contributed by atoms with Crippen LogP contribution in [-0.4, -0.2) is 18.9 Å². The predicted octanol–water partition coefficient (Wildman–Crippen LogP) is 5.30. The van der Waals surface area contributed by atoms with E-state index in [4.69, 9.17) is 9.41 Å². The molecule has 29 heavy (non-hydrogen) atoms. The maximum absolute atomic E-state index is 12.8. The first kappa shape index (κ1) is 17.5. The largest absolute Gasteiger partial charge is 0.422 e.